The van der Waals surface area contributed by atoms with Gasteiger partial charge in [0.15, 0.2) is 12.3 Å². The highest BCUT2D eigenvalue weighted by molar-refractivity contribution is 9.11. The molecule has 0 aliphatic carbocycles. The smallest absolute Gasteiger partial charge is 0.342 e. The third kappa shape index (κ3) is 9.14. The third-order valence-electron chi connectivity index (χ3n) is 6.16. The highest BCUT2D eigenvalue weighted by Gasteiger charge is 2.39. The number of azo groups is 1. The van der Waals surface area contributed by atoms with Gasteiger partial charge in [0.05, 0.1) is 4.47 Å². The van der Waals surface area contributed by atoms with Gasteiger partial charge < -0.3 is 9.47 Å². The Morgan fingerprint density at radius 2 is 1.52 bits per heavy atom. The van der Waals surface area contributed by atoms with Gasteiger partial charge in [0.25, 0.3) is 0 Å². The largest absolute Gasteiger partial charge is 0.460 e. The molecule has 0 aliphatic rings. The number of ketones is 1. The number of halogens is 2. The average Bonchev–Trinajstić information content (AvgIpc) is 2.89. The monoisotopic (exact) mass is 680 g/mol. The van der Waals surface area contributed by atoms with Crippen LogP contribution in [0.5, 0.6) is 0 Å². The average molecular weight is 682 g/mol. The van der Waals surface area contributed by atoms with Gasteiger partial charge in [-0.2, -0.15) is 10.2 Å². The number of hydrogen-bond donors (Lipinski definition) is 0. The SMILES string of the molecule is CCC(=O)c1c(CC(C)C)cc(Br)c(N=NCC(=O)[N+](CCOC(C)=O)(CCOC(C)=O)c2ccccc2)c1Br. The van der Waals surface area contributed by atoms with Crippen LogP contribution in [0.1, 0.15) is 57.0 Å². The molecule has 0 atom stereocenters. The lowest BCUT2D eigenvalue weighted by Crippen LogP contribution is -2.59. The molecule has 2 rings (SSSR count). The van der Waals surface area contributed by atoms with Crippen molar-refractivity contribution in [2.75, 3.05) is 32.8 Å². The zero-order chi connectivity index (χ0) is 29.9. The second-order valence-electron chi connectivity index (χ2n) is 9.65. The summed E-state index contributed by atoms with van der Waals surface area (Å²) < 4.78 is 11.2. The van der Waals surface area contributed by atoms with Gasteiger partial charge in [0, 0.05) is 30.3 Å². The van der Waals surface area contributed by atoms with E-state index in [0.717, 1.165) is 12.0 Å². The summed E-state index contributed by atoms with van der Waals surface area (Å²) in [5, 5.41) is 8.58. The topological polar surface area (TPSA) is 111 Å². The molecule has 2 aromatic rings. The first-order chi connectivity index (χ1) is 18.9. The highest BCUT2D eigenvalue weighted by atomic mass is 79.9. The third-order valence-corrected chi connectivity index (χ3v) is 7.54. The predicted molar refractivity (Wildman–Crippen MR) is 161 cm³/mol. The minimum absolute atomic E-state index is 0.0155. The van der Waals surface area contributed by atoms with Crippen LogP contribution in [0.25, 0.3) is 0 Å². The maximum absolute atomic E-state index is 13.8. The number of nitrogens with zero attached hydrogens (tertiary/aromatic N) is 3. The second-order valence-corrected chi connectivity index (χ2v) is 11.3. The molecule has 0 fully saturated rings. The van der Waals surface area contributed by atoms with Crippen LogP contribution in [0.3, 0.4) is 0 Å². The summed E-state index contributed by atoms with van der Waals surface area (Å²) in [6.07, 6.45) is 1.05. The lowest BCUT2D eigenvalue weighted by atomic mass is 9.94. The summed E-state index contributed by atoms with van der Waals surface area (Å²) in [6, 6.07) is 10.9. The molecule has 0 aromatic heterocycles. The van der Waals surface area contributed by atoms with Crippen LogP contribution < -0.4 is 4.48 Å². The van der Waals surface area contributed by atoms with Gasteiger partial charge in [-0.3, -0.25) is 14.4 Å². The zero-order valence-electron chi connectivity index (χ0n) is 23.5. The molecule has 0 saturated carbocycles. The molecule has 216 valence electrons. The lowest BCUT2D eigenvalue weighted by molar-refractivity contribution is -0.144. The molecule has 0 unspecified atom stereocenters. The van der Waals surface area contributed by atoms with E-state index < -0.39 is 11.9 Å². The van der Waals surface area contributed by atoms with E-state index in [9.17, 15) is 19.2 Å². The molecule has 0 heterocycles. The summed E-state index contributed by atoms with van der Waals surface area (Å²) in [6.45, 7) is 8.45. The van der Waals surface area contributed by atoms with Crippen LogP contribution in [0.4, 0.5) is 11.4 Å². The van der Waals surface area contributed by atoms with Gasteiger partial charge in [-0.25, -0.2) is 9.28 Å². The van der Waals surface area contributed by atoms with Crippen LogP contribution in [0.15, 0.2) is 55.6 Å². The Morgan fingerprint density at radius 1 is 0.950 bits per heavy atom. The molecule has 11 heteroatoms. The molecule has 9 nitrogen and oxygen atoms in total. The molecule has 0 N–H and O–H groups in total. The molecule has 0 aliphatic heterocycles. The normalized spacial score (nSPS) is 11.6. The Balaban J connectivity index is 2.47. The first kappa shape index (κ1) is 33.4. The second kappa shape index (κ2) is 15.9. The van der Waals surface area contributed by atoms with Crippen LogP contribution >= 0.6 is 31.9 Å². The highest BCUT2D eigenvalue weighted by Crippen LogP contribution is 2.40. The maximum atomic E-state index is 13.8. The van der Waals surface area contributed by atoms with Gasteiger partial charge in [-0.1, -0.05) is 39.0 Å². The Bertz CT molecular complexity index is 1230. The van der Waals surface area contributed by atoms with Crippen molar-refractivity contribution in [3.8, 4) is 0 Å². The summed E-state index contributed by atoms with van der Waals surface area (Å²) in [4.78, 5) is 49.6. The van der Waals surface area contributed by atoms with Crippen LogP contribution in [0, 0.1) is 5.92 Å². The van der Waals surface area contributed by atoms with E-state index in [4.69, 9.17) is 9.47 Å². The van der Waals surface area contributed by atoms with Gasteiger partial charge in [-0.15, -0.1) is 0 Å². The zero-order valence-corrected chi connectivity index (χ0v) is 26.7. The van der Waals surface area contributed by atoms with Crippen molar-refractivity contribution in [1.82, 2.24) is 4.48 Å². The Kier molecular flexibility index (Phi) is 13.3. The van der Waals surface area contributed by atoms with E-state index >= 15 is 0 Å². The number of carbonyl (C=O) groups is 4. The molecule has 1 amide bonds. The van der Waals surface area contributed by atoms with E-state index in [2.05, 4.69) is 55.9 Å². The maximum Gasteiger partial charge on any atom is 0.342 e. The van der Waals surface area contributed by atoms with Crippen molar-refractivity contribution < 1.29 is 28.7 Å². The van der Waals surface area contributed by atoms with Crippen molar-refractivity contribution in [2.24, 2.45) is 16.1 Å². The first-order valence-electron chi connectivity index (χ1n) is 13.1. The molecule has 40 heavy (non-hydrogen) atoms. The number of ether oxygens (including phenoxy) is 2. The number of Topliss-reactive ketones (excluding diaryl/α,β-unsaturated/α-hetero) is 1. The fraction of sp³-hybridized carbons (Fsp3) is 0.448. The van der Waals surface area contributed by atoms with Crippen molar-refractivity contribution >= 4 is 66.9 Å². The van der Waals surface area contributed by atoms with E-state index in [0.29, 0.717) is 38.2 Å². The quantitative estimate of drug-likeness (QED) is 0.0944. The van der Waals surface area contributed by atoms with Gasteiger partial charge >= 0.3 is 17.8 Å². The first-order valence-corrected chi connectivity index (χ1v) is 14.7. The molecule has 2 aromatic carbocycles. The number of rotatable bonds is 14. The van der Waals surface area contributed by atoms with Crippen LogP contribution in [-0.4, -0.2) is 56.5 Å². The Hall–Kier alpha value is -2.76. The van der Waals surface area contributed by atoms with Crippen LogP contribution in [-0.2, 0) is 30.3 Å². The summed E-state index contributed by atoms with van der Waals surface area (Å²) in [5.74, 6) is -0.936. The summed E-state index contributed by atoms with van der Waals surface area (Å²) in [5.41, 5.74) is 2.52. The van der Waals surface area contributed by atoms with E-state index in [1.807, 2.05) is 19.1 Å². The molecule has 0 saturated heterocycles. The van der Waals surface area contributed by atoms with Gasteiger partial charge in [0.1, 0.15) is 37.7 Å². The number of hydrogen-bond acceptors (Lipinski definition) is 8. The van der Waals surface area contributed by atoms with Gasteiger partial charge in [-0.05, 0) is 68.0 Å². The number of para-hydroxylation sites is 1. The van der Waals surface area contributed by atoms with Crippen molar-refractivity contribution in [3.05, 3.63) is 56.5 Å². The molecule has 0 bridgehead atoms. The summed E-state index contributed by atoms with van der Waals surface area (Å²) >= 11 is 7.11. The van der Waals surface area contributed by atoms with Crippen molar-refractivity contribution in [1.29, 1.82) is 0 Å². The number of quaternary nitrogens is 1. The lowest BCUT2D eigenvalue weighted by Gasteiger charge is -2.34. The molecular formula is C29H36Br2N3O6+. The van der Waals surface area contributed by atoms with Crippen molar-refractivity contribution in [2.45, 2.75) is 47.5 Å². The molecular weight excluding hydrogens is 646 g/mol. The Labute approximate surface area is 252 Å². The number of amides is 1. The standard InChI is InChI=1S/C29H36Br2N3O6/c1-6-25(37)27-22(16-19(2)3)17-24(30)29(28(27)31)33-32-18-26(38)34(12-14-39-20(4)35,13-15-40-21(5)36)23-10-8-7-9-11-23/h7-11,17,19H,6,12-16,18H2,1-5H3/q+1. The van der Waals surface area contributed by atoms with Crippen LogP contribution in [0.2, 0.25) is 0 Å². The number of esters is 2. The number of benzene rings is 2. The van der Waals surface area contributed by atoms with Crippen molar-refractivity contribution in [3.63, 3.8) is 0 Å². The Morgan fingerprint density at radius 3 is 2.02 bits per heavy atom. The predicted octanol–water partition coefficient (Wildman–Crippen LogP) is 6.75. The minimum atomic E-state index is -0.466. The molecule has 0 spiro atoms. The van der Waals surface area contributed by atoms with E-state index in [-0.39, 0.29) is 49.0 Å². The fourth-order valence-electron chi connectivity index (χ4n) is 4.30. The molecule has 0 radical (unpaired) electrons. The van der Waals surface area contributed by atoms with E-state index in [1.165, 1.54) is 13.8 Å². The summed E-state index contributed by atoms with van der Waals surface area (Å²) in [7, 11) is 0. The minimum Gasteiger partial charge on any atom is -0.460 e. The number of carbonyl (C=O) groups excluding carboxylic acids is 4. The van der Waals surface area contributed by atoms with Gasteiger partial charge in [0.2, 0.25) is 0 Å². The van der Waals surface area contributed by atoms with E-state index in [1.54, 1.807) is 24.3 Å². The fourth-order valence-corrected chi connectivity index (χ4v) is 5.89.